The third kappa shape index (κ3) is 7.03. The molecule has 0 radical (unpaired) electrons. The van der Waals surface area contributed by atoms with Gasteiger partial charge in [0.1, 0.15) is 0 Å². The van der Waals surface area contributed by atoms with Crippen molar-refractivity contribution in [1.29, 1.82) is 0 Å². The number of rotatable bonds is 6. The van der Waals surface area contributed by atoms with Crippen molar-refractivity contribution in [3.8, 4) is 0 Å². The average molecular weight is 517 g/mol. The summed E-state index contributed by atoms with van der Waals surface area (Å²) in [6.45, 7) is 5.70. The zero-order valence-corrected chi connectivity index (χ0v) is 19.9. The predicted molar refractivity (Wildman–Crippen MR) is 117 cm³/mol. The molecule has 0 atom stereocenters. The molecule has 1 aromatic rings. The highest BCUT2D eigenvalue weighted by Gasteiger charge is 2.30. The molecule has 0 heterocycles. The molecule has 0 saturated carbocycles. The number of sulfone groups is 2. The normalized spacial score (nSPS) is 13.1. The lowest BCUT2D eigenvalue weighted by Gasteiger charge is -2.24. The van der Waals surface area contributed by atoms with Crippen molar-refractivity contribution in [3.05, 3.63) is 29.3 Å². The van der Waals surface area contributed by atoms with Gasteiger partial charge >= 0.3 is 0 Å². The first-order valence-corrected chi connectivity index (χ1v) is 11.5. The molecular formula is C16H28IN3O4S2. The highest BCUT2D eigenvalue weighted by atomic mass is 127. The quantitative estimate of drug-likeness (QED) is 0.337. The van der Waals surface area contributed by atoms with Crippen molar-refractivity contribution in [1.82, 2.24) is 10.6 Å². The maximum absolute atomic E-state index is 11.7. The minimum atomic E-state index is -3.24. The Bertz CT molecular complexity index is 863. The Morgan fingerprint density at radius 1 is 1.12 bits per heavy atom. The first-order valence-electron chi connectivity index (χ1n) is 7.71. The Labute approximate surface area is 173 Å². The monoisotopic (exact) mass is 517 g/mol. The number of benzene rings is 1. The fourth-order valence-corrected chi connectivity index (χ4v) is 3.36. The molecule has 0 bridgehead atoms. The SMILES string of the molecule is CN=C(NCc1ccc(S(C)(=O)=O)c(C)c1)NCC(C)(C)S(C)(=O)=O.I. The minimum absolute atomic E-state index is 0. The Morgan fingerprint density at radius 3 is 2.12 bits per heavy atom. The van der Waals surface area contributed by atoms with E-state index in [0.717, 1.165) is 5.56 Å². The second kappa shape index (κ2) is 9.36. The van der Waals surface area contributed by atoms with Crippen LogP contribution in [0, 0.1) is 6.92 Å². The summed E-state index contributed by atoms with van der Waals surface area (Å²) >= 11 is 0. The van der Waals surface area contributed by atoms with E-state index in [1.807, 2.05) is 0 Å². The summed E-state index contributed by atoms with van der Waals surface area (Å²) in [4.78, 5) is 4.38. The zero-order valence-electron chi connectivity index (χ0n) is 16.0. The molecule has 7 nitrogen and oxygen atoms in total. The van der Waals surface area contributed by atoms with Crippen LogP contribution in [0.25, 0.3) is 0 Å². The van der Waals surface area contributed by atoms with E-state index in [0.29, 0.717) is 23.0 Å². The first-order chi connectivity index (χ1) is 11.3. The van der Waals surface area contributed by atoms with Crippen LogP contribution in [-0.4, -0.2) is 53.6 Å². The second-order valence-electron chi connectivity index (χ2n) is 6.68. The third-order valence-electron chi connectivity index (χ3n) is 4.01. The molecule has 0 spiro atoms. The topological polar surface area (TPSA) is 105 Å². The van der Waals surface area contributed by atoms with Gasteiger partial charge in [0.15, 0.2) is 25.6 Å². The highest BCUT2D eigenvalue weighted by molar-refractivity contribution is 14.0. The third-order valence-corrected chi connectivity index (χ3v) is 7.42. The van der Waals surface area contributed by atoms with Gasteiger partial charge in [-0.1, -0.05) is 12.1 Å². The van der Waals surface area contributed by atoms with Crippen molar-refractivity contribution >= 4 is 49.6 Å². The summed E-state index contributed by atoms with van der Waals surface area (Å²) in [5.74, 6) is 0.474. The maximum Gasteiger partial charge on any atom is 0.191 e. The summed E-state index contributed by atoms with van der Waals surface area (Å²) in [7, 11) is -4.84. The van der Waals surface area contributed by atoms with E-state index in [4.69, 9.17) is 0 Å². The smallest absolute Gasteiger partial charge is 0.191 e. The van der Waals surface area contributed by atoms with Gasteiger partial charge in [0.05, 0.1) is 9.64 Å². The van der Waals surface area contributed by atoms with Gasteiger partial charge in [-0.05, 0) is 38.0 Å². The van der Waals surface area contributed by atoms with Crippen LogP contribution in [0.2, 0.25) is 0 Å². The van der Waals surface area contributed by atoms with Crippen molar-refractivity contribution in [2.45, 2.75) is 37.0 Å². The van der Waals surface area contributed by atoms with E-state index in [1.165, 1.54) is 12.5 Å². The molecule has 0 aliphatic heterocycles. The number of aryl methyl sites for hydroxylation is 1. The Kier molecular flexibility index (Phi) is 9.04. The van der Waals surface area contributed by atoms with Gasteiger partial charge in [-0.15, -0.1) is 24.0 Å². The van der Waals surface area contributed by atoms with Crippen LogP contribution in [0.5, 0.6) is 0 Å². The number of hydrogen-bond donors (Lipinski definition) is 2. The molecule has 0 amide bonds. The second-order valence-corrected chi connectivity index (χ2v) is 11.3. The van der Waals surface area contributed by atoms with Crippen LogP contribution in [-0.2, 0) is 26.2 Å². The number of hydrogen-bond acceptors (Lipinski definition) is 5. The van der Waals surface area contributed by atoms with Crippen LogP contribution < -0.4 is 10.6 Å². The summed E-state index contributed by atoms with van der Waals surface area (Å²) in [6.07, 6.45) is 2.39. The van der Waals surface area contributed by atoms with E-state index in [1.54, 1.807) is 46.0 Å². The lowest BCUT2D eigenvalue weighted by Crippen LogP contribution is -2.47. The molecule has 150 valence electrons. The molecule has 0 aliphatic carbocycles. The molecule has 0 unspecified atom stereocenters. The lowest BCUT2D eigenvalue weighted by molar-refractivity contribution is 0.544. The number of halogens is 1. The molecule has 26 heavy (non-hydrogen) atoms. The molecular weight excluding hydrogens is 489 g/mol. The van der Waals surface area contributed by atoms with Gasteiger partial charge in [-0.2, -0.15) is 0 Å². The standard InChI is InChI=1S/C16H27N3O4S2.HI/c1-12-9-13(7-8-14(12)24(5,20)21)10-18-15(17-4)19-11-16(2,3)25(6,22)23;/h7-9H,10-11H2,1-6H3,(H2,17,18,19);1H. The van der Waals surface area contributed by atoms with Crippen molar-refractivity contribution in [2.24, 2.45) is 4.99 Å². The van der Waals surface area contributed by atoms with Gasteiger partial charge < -0.3 is 10.6 Å². The van der Waals surface area contributed by atoms with Gasteiger partial charge in [-0.3, -0.25) is 4.99 Å². The van der Waals surface area contributed by atoms with Crippen LogP contribution in [0.15, 0.2) is 28.1 Å². The Hall–Kier alpha value is -0.880. The van der Waals surface area contributed by atoms with Gasteiger partial charge in [0.25, 0.3) is 0 Å². The van der Waals surface area contributed by atoms with Crippen LogP contribution in [0.4, 0.5) is 0 Å². The predicted octanol–water partition coefficient (Wildman–Crippen LogP) is 1.50. The van der Waals surface area contributed by atoms with Crippen molar-refractivity contribution < 1.29 is 16.8 Å². The van der Waals surface area contributed by atoms with Crippen LogP contribution in [0.3, 0.4) is 0 Å². The zero-order chi connectivity index (χ0) is 19.5. The molecule has 1 aromatic carbocycles. The fourth-order valence-electron chi connectivity index (χ4n) is 2.07. The van der Waals surface area contributed by atoms with E-state index in [9.17, 15) is 16.8 Å². The number of nitrogens with zero attached hydrogens (tertiary/aromatic N) is 1. The fraction of sp³-hybridized carbons (Fsp3) is 0.562. The summed E-state index contributed by atoms with van der Waals surface area (Å²) in [6, 6.07) is 5.13. The van der Waals surface area contributed by atoms with E-state index in [-0.39, 0.29) is 30.5 Å². The molecule has 0 aliphatic rings. The Morgan fingerprint density at radius 2 is 1.69 bits per heavy atom. The van der Waals surface area contributed by atoms with Crippen LogP contribution in [0.1, 0.15) is 25.0 Å². The van der Waals surface area contributed by atoms with Crippen molar-refractivity contribution in [3.63, 3.8) is 0 Å². The highest BCUT2D eigenvalue weighted by Crippen LogP contribution is 2.16. The van der Waals surface area contributed by atoms with E-state index in [2.05, 4.69) is 15.6 Å². The molecule has 0 saturated heterocycles. The average Bonchev–Trinajstić information content (AvgIpc) is 2.44. The largest absolute Gasteiger partial charge is 0.355 e. The minimum Gasteiger partial charge on any atom is -0.355 e. The number of guanidine groups is 1. The molecule has 10 heteroatoms. The van der Waals surface area contributed by atoms with E-state index < -0.39 is 24.4 Å². The van der Waals surface area contributed by atoms with Crippen LogP contribution >= 0.6 is 24.0 Å². The van der Waals surface area contributed by atoms with Gasteiger partial charge in [-0.25, -0.2) is 16.8 Å². The van der Waals surface area contributed by atoms with Gasteiger partial charge in [0.2, 0.25) is 0 Å². The van der Waals surface area contributed by atoms with E-state index >= 15 is 0 Å². The summed E-state index contributed by atoms with van der Waals surface area (Å²) in [5, 5.41) is 6.09. The molecule has 2 N–H and O–H groups in total. The van der Waals surface area contributed by atoms with Gasteiger partial charge in [0, 0.05) is 32.6 Å². The first kappa shape index (κ1) is 25.1. The maximum atomic E-state index is 11.7. The lowest BCUT2D eigenvalue weighted by atomic mass is 10.1. The molecule has 0 aromatic heterocycles. The molecule has 0 fully saturated rings. The number of aliphatic imine (C=N–C) groups is 1. The summed E-state index contributed by atoms with van der Waals surface area (Å²) in [5.41, 5.74) is 1.58. The number of nitrogens with one attached hydrogen (secondary N) is 2. The Balaban J connectivity index is 0.00000625. The molecule has 1 rings (SSSR count). The summed E-state index contributed by atoms with van der Waals surface area (Å²) < 4.78 is 45.8. The van der Waals surface area contributed by atoms with Crippen molar-refractivity contribution in [2.75, 3.05) is 26.1 Å².